The van der Waals surface area contributed by atoms with Gasteiger partial charge in [0.1, 0.15) is 0 Å². The summed E-state index contributed by atoms with van der Waals surface area (Å²) in [4.78, 5) is 12.0. The molecule has 1 aliphatic rings. The average molecular weight is 206 g/mol. The van der Waals surface area contributed by atoms with Gasteiger partial charge in [0, 0.05) is 11.5 Å². The van der Waals surface area contributed by atoms with Crippen molar-refractivity contribution in [2.45, 2.75) is 13.3 Å². The quantitative estimate of drug-likeness (QED) is 0.736. The van der Waals surface area contributed by atoms with Crippen molar-refractivity contribution in [3.63, 3.8) is 0 Å². The topological polar surface area (TPSA) is 17.1 Å². The number of thiol groups is 1. The molecule has 0 N–H and O–H groups in total. The van der Waals surface area contributed by atoms with Gasteiger partial charge in [-0.15, -0.1) is 0 Å². The standard InChI is InChI=1S/C12H14OS/c1-8(7-14)11-6-9-4-2-3-5-10(9)12(11)13/h2-5,8,11,14H,6-7H2,1H3. The van der Waals surface area contributed by atoms with Crippen molar-refractivity contribution in [2.75, 3.05) is 5.75 Å². The lowest BCUT2D eigenvalue weighted by Crippen LogP contribution is -2.19. The molecular weight excluding hydrogens is 192 g/mol. The Hall–Kier alpha value is -0.760. The Kier molecular flexibility index (Phi) is 2.64. The van der Waals surface area contributed by atoms with Gasteiger partial charge in [0.2, 0.25) is 0 Å². The van der Waals surface area contributed by atoms with Crippen molar-refractivity contribution in [1.29, 1.82) is 0 Å². The minimum atomic E-state index is 0.157. The highest BCUT2D eigenvalue weighted by Gasteiger charge is 2.33. The molecular formula is C12H14OS. The lowest BCUT2D eigenvalue weighted by atomic mass is 9.92. The molecule has 1 aromatic rings. The van der Waals surface area contributed by atoms with Crippen molar-refractivity contribution < 1.29 is 4.79 Å². The predicted octanol–water partition coefficient (Wildman–Crippen LogP) is 2.61. The van der Waals surface area contributed by atoms with Gasteiger partial charge in [-0.1, -0.05) is 31.2 Å². The van der Waals surface area contributed by atoms with Gasteiger partial charge in [0.15, 0.2) is 5.78 Å². The lowest BCUT2D eigenvalue weighted by Gasteiger charge is -2.14. The Morgan fingerprint density at radius 2 is 2.21 bits per heavy atom. The number of carbonyl (C=O) groups excluding carboxylic acids is 1. The van der Waals surface area contributed by atoms with Crippen molar-refractivity contribution in [3.8, 4) is 0 Å². The zero-order valence-corrected chi connectivity index (χ0v) is 9.13. The van der Waals surface area contributed by atoms with Crippen LogP contribution >= 0.6 is 12.6 Å². The summed E-state index contributed by atoms with van der Waals surface area (Å²) in [7, 11) is 0. The molecule has 14 heavy (non-hydrogen) atoms. The van der Waals surface area contributed by atoms with Crippen LogP contribution in [0.2, 0.25) is 0 Å². The number of hydrogen-bond acceptors (Lipinski definition) is 2. The molecule has 1 aromatic carbocycles. The van der Waals surface area contributed by atoms with Gasteiger partial charge < -0.3 is 0 Å². The second-order valence-electron chi connectivity index (χ2n) is 3.99. The highest BCUT2D eigenvalue weighted by atomic mass is 32.1. The fourth-order valence-electron chi connectivity index (χ4n) is 2.05. The maximum absolute atomic E-state index is 12.0. The molecule has 0 fully saturated rings. The Labute approximate surface area is 89.9 Å². The molecule has 0 spiro atoms. The third-order valence-electron chi connectivity index (χ3n) is 3.03. The van der Waals surface area contributed by atoms with Gasteiger partial charge in [0.25, 0.3) is 0 Å². The SMILES string of the molecule is CC(CS)C1Cc2ccccc2C1=O. The fraction of sp³-hybridized carbons (Fsp3) is 0.417. The number of hydrogen-bond donors (Lipinski definition) is 1. The summed E-state index contributed by atoms with van der Waals surface area (Å²) in [6.07, 6.45) is 0.900. The highest BCUT2D eigenvalue weighted by molar-refractivity contribution is 7.80. The summed E-state index contributed by atoms with van der Waals surface area (Å²) in [6.45, 7) is 2.10. The van der Waals surface area contributed by atoms with E-state index in [4.69, 9.17) is 0 Å². The largest absolute Gasteiger partial charge is 0.294 e. The molecule has 2 atom stereocenters. The molecule has 0 aromatic heterocycles. The molecule has 0 radical (unpaired) electrons. The third kappa shape index (κ3) is 1.48. The van der Waals surface area contributed by atoms with Crippen LogP contribution in [0.5, 0.6) is 0 Å². The molecule has 2 heteroatoms. The molecule has 0 saturated heterocycles. The molecule has 0 bridgehead atoms. The minimum Gasteiger partial charge on any atom is -0.294 e. The van der Waals surface area contributed by atoms with Crippen LogP contribution in [-0.4, -0.2) is 11.5 Å². The van der Waals surface area contributed by atoms with Crippen LogP contribution in [0.3, 0.4) is 0 Å². The van der Waals surface area contributed by atoms with Crippen LogP contribution in [0.1, 0.15) is 22.8 Å². The summed E-state index contributed by atoms with van der Waals surface area (Å²) >= 11 is 4.26. The third-order valence-corrected chi connectivity index (χ3v) is 3.61. The summed E-state index contributed by atoms with van der Waals surface area (Å²) in [5.74, 6) is 1.62. The molecule has 2 unspecified atom stereocenters. The van der Waals surface area contributed by atoms with E-state index in [1.54, 1.807) is 0 Å². The number of fused-ring (bicyclic) bond motifs is 1. The molecule has 0 saturated carbocycles. The van der Waals surface area contributed by atoms with E-state index in [9.17, 15) is 4.79 Å². The predicted molar refractivity (Wildman–Crippen MR) is 61.0 cm³/mol. The van der Waals surface area contributed by atoms with Crippen molar-refractivity contribution in [3.05, 3.63) is 35.4 Å². The zero-order chi connectivity index (χ0) is 10.1. The summed E-state index contributed by atoms with van der Waals surface area (Å²) < 4.78 is 0. The zero-order valence-electron chi connectivity index (χ0n) is 8.23. The first-order chi connectivity index (χ1) is 6.74. The van der Waals surface area contributed by atoms with Gasteiger partial charge in [-0.05, 0) is 23.7 Å². The van der Waals surface area contributed by atoms with E-state index in [2.05, 4.69) is 25.6 Å². The van der Waals surface area contributed by atoms with Crippen LogP contribution in [-0.2, 0) is 6.42 Å². The van der Waals surface area contributed by atoms with Gasteiger partial charge in [-0.25, -0.2) is 0 Å². The number of ketones is 1. The Morgan fingerprint density at radius 1 is 1.50 bits per heavy atom. The van der Waals surface area contributed by atoms with Gasteiger partial charge in [-0.3, -0.25) is 4.79 Å². The fourth-order valence-corrected chi connectivity index (χ4v) is 2.31. The van der Waals surface area contributed by atoms with E-state index in [1.807, 2.05) is 18.2 Å². The molecule has 2 rings (SSSR count). The van der Waals surface area contributed by atoms with Crippen LogP contribution < -0.4 is 0 Å². The lowest BCUT2D eigenvalue weighted by molar-refractivity contribution is 0.0907. The summed E-state index contributed by atoms with van der Waals surface area (Å²) in [5, 5.41) is 0. The second kappa shape index (κ2) is 3.77. The van der Waals surface area contributed by atoms with Crippen molar-refractivity contribution in [2.24, 2.45) is 11.8 Å². The first-order valence-corrected chi connectivity index (χ1v) is 5.60. The normalized spacial score (nSPS) is 22.1. The van der Waals surface area contributed by atoms with Gasteiger partial charge in [-0.2, -0.15) is 12.6 Å². The Bertz CT molecular complexity index is 359. The molecule has 0 heterocycles. The molecule has 1 nitrogen and oxygen atoms in total. The Balaban J connectivity index is 2.30. The smallest absolute Gasteiger partial charge is 0.166 e. The van der Waals surface area contributed by atoms with Crippen molar-refractivity contribution in [1.82, 2.24) is 0 Å². The first kappa shape index (κ1) is 9.78. The second-order valence-corrected chi connectivity index (χ2v) is 4.36. The van der Waals surface area contributed by atoms with Crippen LogP contribution in [0.25, 0.3) is 0 Å². The Morgan fingerprint density at radius 3 is 2.86 bits per heavy atom. The monoisotopic (exact) mass is 206 g/mol. The van der Waals surface area contributed by atoms with E-state index in [-0.39, 0.29) is 5.92 Å². The molecule has 74 valence electrons. The number of Topliss-reactive ketones (excluding diaryl/α,β-unsaturated/α-hetero) is 1. The summed E-state index contributed by atoms with van der Waals surface area (Å²) in [6, 6.07) is 7.92. The maximum Gasteiger partial charge on any atom is 0.166 e. The average Bonchev–Trinajstić information content (AvgIpc) is 2.56. The van der Waals surface area contributed by atoms with Crippen molar-refractivity contribution >= 4 is 18.4 Å². The number of carbonyl (C=O) groups is 1. The number of rotatable bonds is 2. The van der Waals surface area contributed by atoms with Crippen LogP contribution in [0.15, 0.2) is 24.3 Å². The first-order valence-electron chi connectivity index (χ1n) is 4.97. The molecule has 0 amide bonds. The van der Waals surface area contributed by atoms with E-state index in [1.165, 1.54) is 5.56 Å². The van der Waals surface area contributed by atoms with E-state index in [0.717, 1.165) is 17.7 Å². The van der Waals surface area contributed by atoms with Crippen LogP contribution in [0.4, 0.5) is 0 Å². The van der Waals surface area contributed by atoms with Gasteiger partial charge in [0.05, 0.1) is 0 Å². The van der Waals surface area contributed by atoms with Crippen LogP contribution in [0, 0.1) is 11.8 Å². The molecule has 1 aliphatic carbocycles. The van der Waals surface area contributed by atoms with E-state index in [0.29, 0.717) is 11.7 Å². The van der Waals surface area contributed by atoms with E-state index < -0.39 is 0 Å². The van der Waals surface area contributed by atoms with E-state index >= 15 is 0 Å². The minimum absolute atomic E-state index is 0.157. The summed E-state index contributed by atoms with van der Waals surface area (Å²) in [5.41, 5.74) is 2.13. The molecule has 0 aliphatic heterocycles. The highest BCUT2D eigenvalue weighted by Crippen LogP contribution is 2.31. The number of benzene rings is 1. The van der Waals surface area contributed by atoms with Gasteiger partial charge >= 0.3 is 0 Å². The maximum atomic E-state index is 12.0.